The van der Waals surface area contributed by atoms with Gasteiger partial charge in [-0.25, -0.2) is 0 Å². The summed E-state index contributed by atoms with van der Waals surface area (Å²) in [5, 5.41) is 0. The van der Waals surface area contributed by atoms with Crippen molar-refractivity contribution >= 4 is 15.9 Å². The Balaban J connectivity index is 2.35. The van der Waals surface area contributed by atoms with Crippen LogP contribution in [0, 0.1) is 0 Å². The summed E-state index contributed by atoms with van der Waals surface area (Å²) in [4.78, 5) is 0. The average Bonchev–Trinajstić information content (AvgIpc) is 2.35. The highest BCUT2D eigenvalue weighted by Crippen LogP contribution is 2.21. The molecule has 0 saturated heterocycles. The van der Waals surface area contributed by atoms with Crippen molar-refractivity contribution in [2.24, 2.45) is 5.84 Å². The van der Waals surface area contributed by atoms with Crippen LogP contribution in [-0.4, -0.2) is 0 Å². The van der Waals surface area contributed by atoms with Gasteiger partial charge in [-0.3, -0.25) is 11.3 Å². The quantitative estimate of drug-likeness (QED) is 0.426. The van der Waals surface area contributed by atoms with Crippen molar-refractivity contribution in [1.29, 1.82) is 0 Å². The van der Waals surface area contributed by atoms with E-state index in [0.717, 1.165) is 10.9 Å². The molecule has 0 aliphatic rings. The lowest BCUT2D eigenvalue weighted by molar-refractivity contribution is 0.479. The van der Waals surface area contributed by atoms with Crippen LogP contribution in [0.2, 0.25) is 0 Å². The second kappa shape index (κ2) is 8.67. The molecule has 1 unspecified atom stereocenters. The molecule has 0 bridgehead atoms. The Bertz CT molecular complexity index is 298. The van der Waals surface area contributed by atoms with Gasteiger partial charge in [0.25, 0.3) is 0 Å². The van der Waals surface area contributed by atoms with E-state index in [4.69, 9.17) is 5.84 Å². The SMILES string of the molecule is CCCCCCCC(NN)c1ccc(Br)cc1. The van der Waals surface area contributed by atoms with Crippen molar-refractivity contribution in [1.82, 2.24) is 5.43 Å². The number of nitrogens with one attached hydrogen (secondary N) is 1. The average molecular weight is 299 g/mol. The molecule has 0 aliphatic carbocycles. The molecule has 0 aliphatic heterocycles. The normalized spacial score (nSPS) is 12.6. The van der Waals surface area contributed by atoms with Crippen LogP contribution in [0.3, 0.4) is 0 Å². The van der Waals surface area contributed by atoms with E-state index in [1.54, 1.807) is 0 Å². The zero-order valence-corrected chi connectivity index (χ0v) is 12.2. The number of unbranched alkanes of at least 4 members (excludes halogenated alkanes) is 4. The van der Waals surface area contributed by atoms with Gasteiger partial charge in [-0.15, -0.1) is 0 Å². The van der Waals surface area contributed by atoms with Crippen LogP contribution in [-0.2, 0) is 0 Å². The Labute approximate surface area is 113 Å². The Hall–Kier alpha value is -0.380. The van der Waals surface area contributed by atoms with Crippen LogP contribution in [0.4, 0.5) is 0 Å². The van der Waals surface area contributed by atoms with Gasteiger partial charge in [-0.05, 0) is 24.1 Å². The van der Waals surface area contributed by atoms with Crippen molar-refractivity contribution in [3.8, 4) is 0 Å². The number of rotatable bonds is 8. The van der Waals surface area contributed by atoms with Crippen molar-refractivity contribution in [3.05, 3.63) is 34.3 Å². The van der Waals surface area contributed by atoms with Gasteiger partial charge in [0.05, 0.1) is 0 Å². The first-order valence-corrected chi connectivity index (χ1v) is 7.28. The fourth-order valence-corrected chi connectivity index (χ4v) is 2.26. The summed E-state index contributed by atoms with van der Waals surface area (Å²) >= 11 is 3.45. The third-order valence-corrected chi connectivity index (χ3v) is 3.60. The van der Waals surface area contributed by atoms with E-state index in [1.807, 2.05) is 0 Å². The second-order valence-electron chi connectivity index (χ2n) is 4.47. The van der Waals surface area contributed by atoms with Gasteiger partial charge in [0.15, 0.2) is 0 Å². The van der Waals surface area contributed by atoms with Crippen LogP contribution in [0.5, 0.6) is 0 Å². The minimum absolute atomic E-state index is 0.282. The van der Waals surface area contributed by atoms with E-state index < -0.39 is 0 Å². The van der Waals surface area contributed by atoms with Crippen LogP contribution in [0.1, 0.15) is 57.1 Å². The van der Waals surface area contributed by atoms with Gasteiger partial charge in [0.2, 0.25) is 0 Å². The van der Waals surface area contributed by atoms with Crippen molar-refractivity contribution in [2.75, 3.05) is 0 Å². The van der Waals surface area contributed by atoms with Gasteiger partial charge in [0, 0.05) is 10.5 Å². The third-order valence-electron chi connectivity index (χ3n) is 3.07. The maximum absolute atomic E-state index is 5.62. The predicted molar refractivity (Wildman–Crippen MR) is 77.6 cm³/mol. The smallest absolute Gasteiger partial charge is 0.0460 e. The largest absolute Gasteiger partial charge is 0.271 e. The van der Waals surface area contributed by atoms with E-state index >= 15 is 0 Å². The molecule has 17 heavy (non-hydrogen) atoms. The number of hydrazine groups is 1. The molecule has 0 heterocycles. The summed E-state index contributed by atoms with van der Waals surface area (Å²) in [7, 11) is 0. The van der Waals surface area contributed by atoms with Crippen molar-refractivity contribution < 1.29 is 0 Å². The minimum Gasteiger partial charge on any atom is -0.271 e. The Morgan fingerprint density at radius 2 is 1.76 bits per heavy atom. The summed E-state index contributed by atoms with van der Waals surface area (Å²) in [5.41, 5.74) is 4.18. The van der Waals surface area contributed by atoms with Crippen molar-refractivity contribution in [2.45, 2.75) is 51.5 Å². The number of benzene rings is 1. The zero-order chi connectivity index (χ0) is 12.5. The van der Waals surface area contributed by atoms with Gasteiger partial charge in [0.1, 0.15) is 0 Å². The molecule has 96 valence electrons. The number of hydrogen-bond donors (Lipinski definition) is 2. The van der Waals surface area contributed by atoms with E-state index in [9.17, 15) is 0 Å². The highest BCUT2D eigenvalue weighted by atomic mass is 79.9. The van der Waals surface area contributed by atoms with E-state index in [0.29, 0.717) is 0 Å². The molecule has 0 amide bonds. The lowest BCUT2D eigenvalue weighted by Crippen LogP contribution is -2.27. The highest BCUT2D eigenvalue weighted by molar-refractivity contribution is 9.10. The molecule has 1 aromatic rings. The predicted octanol–water partition coefficient (Wildman–Crippen LogP) is 4.31. The van der Waals surface area contributed by atoms with Gasteiger partial charge in [-0.2, -0.15) is 0 Å². The lowest BCUT2D eigenvalue weighted by Gasteiger charge is -2.16. The fourth-order valence-electron chi connectivity index (χ4n) is 1.99. The van der Waals surface area contributed by atoms with E-state index in [1.165, 1.54) is 37.7 Å². The number of nitrogens with two attached hydrogens (primary N) is 1. The molecule has 2 nitrogen and oxygen atoms in total. The molecule has 1 aromatic carbocycles. The Kier molecular flexibility index (Phi) is 7.49. The Morgan fingerprint density at radius 1 is 1.12 bits per heavy atom. The van der Waals surface area contributed by atoms with E-state index in [2.05, 4.69) is 52.5 Å². The minimum atomic E-state index is 0.282. The summed E-state index contributed by atoms with van der Waals surface area (Å²) < 4.78 is 1.11. The molecule has 0 radical (unpaired) electrons. The lowest BCUT2D eigenvalue weighted by atomic mass is 10.0. The highest BCUT2D eigenvalue weighted by Gasteiger charge is 2.08. The van der Waals surface area contributed by atoms with Crippen LogP contribution < -0.4 is 11.3 Å². The topological polar surface area (TPSA) is 38.0 Å². The first-order chi connectivity index (χ1) is 8.27. The zero-order valence-electron chi connectivity index (χ0n) is 10.6. The van der Waals surface area contributed by atoms with Gasteiger partial charge >= 0.3 is 0 Å². The number of hydrogen-bond acceptors (Lipinski definition) is 2. The summed E-state index contributed by atoms with van der Waals surface area (Å²) in [6.07, 6.45) is 7.65. The van der Waals surface area contributed by atoms with E-state index in [-0.39, 0.29) is 6.04 Å². The third kappa shape index (κ3) is 5.66. The molecule has 1 atom stereocenters. The first-order valence-electron chi connectivity index (χ1n) is 6.49. The molecule has 1 rings (SSSR count). The molecule has 0 saturated carbocycles. The van der Waals surface area contributed by atoms with Crippen LogP contribution >= 0.6 is 15.9 Å². The van der Waals surface area contributed by atoms with Gasteiger partial charge in [-0.1, -0.05) is 67.1 Å². The fraction of sp³-hybridized carbons (Fsp3) is 0.571. The van der Waals surface area contributed by atoms with Gasteiger partial charge < -0.3 is 0 Å². The maximum Gasteiger partial charge on any atom is 0.0460 e. The monoisotopic (exact) mass is 298 g/mol. The summed E-state index contributed by atoms with van der Waals surface area (Å²) in [5.74, 6) is 5.62. The molecule has 0 aromatic heterocycles. The number of halogens is 1. The van der Waals surface area contributed by atoms with Crippen LogP contribution in [0.15, 0.2) is 28.7 Å². The van der Waals surface area contributed by atoms with Crippen LogP contribution in [0.25, 0.3) is 0 Å². The first kappa shape index (κ1) is 14.7. The summed E-state index contributed by atoms with van der Waals surface area (Å²) in [6, 6.07) is 8.67. The maximum atomic E-state index is 5.62. The second-order valence-corrected chi connectivity index (χ2v) is 5.39. The molecular formula is C14H23BrN2. The molecule has 0 spiro atoms. The Morgan fingerprint density at radius 3 is 2.35 bits per heavy atom. The molecule has 0 fully saturated rings. The van der Waals surface area contributed by atoms with Crippen molar-refractivity contribution in [3.63, 3.8) is 0 Å². The summed E-state index contributed by atoms with van der Waals surface area (Å²) in [6.45, 7) is 2.24. The molecule has 3 N–H and O–H groups in total. The molecular weight excluding hydrogens is 276 g/mol. The standard InChI is InChI=1S/C14H23BrN2/c1-2-3-4-5-6-7-14(17-16)12-8-10-13(15)11-9-12/h8-11,14,17H,2-7,16H2,1H3. The molecule has 3 heteroatoms.